The number of carbonyl (C=O) groups is 1. The predicted octanol–water partition coefficient (Wildman–Crippen LogP) is 2.25. The van der Waals surface area contributed by atoms with Crippen molar-refractivity contribution in [3.05, 3.63) is 36.9 Å². The van der Waals surface area contributed by atoms with E-state index in [1.807, 2.05) is 42.3 Å². The molecule has 0 aromatic heterocycles. The Balaban J connectivity index is 2.62. The van der Waals surface area contributed by atoms with Gasteiger partial charge in [0.1, 0.15) is 12.3 Å². The molecule has 98 valence electrons. The molecule has 0 fully saturated rings. The molecule has 4 nitrogen and oxygen atoms in total. The fourth-order valence-corrected chi connectivity index (χ4v) is 1.42. The minimum Gasteiger partial charge on any atom is -0.493 e. The number of carbonyl (C=O) groups excluding carboxylic acids is 1. The zero-order valence-corrected chi connectivity index (χ0v) is 10.9. The number of likely N-dealkylation sites (N-methyl/N-ethyl adjacent to an activating group) is 1. The molecule has 0 radical (unpaired) electrons. The van der Waals surface area contributed by atoms with Crippen LogP contribution in [-0.2, 0) is 9.53 Å². The molecule has 0 unspecified atom stereocenters. The molecule has 0 atom stereocenters. The van der Waals surface area contributed by atoms with Crippen molar-refractivity contribution in [1.29, 1.82) is 0 Å². The predicted molar refractivity (Wildman–Crippen MR) is 72.0 cm³/mol. The van der Waals surface area contributed by atoms with E-state index in [9.17, 15) is 4.79 Å². The summed E-state index contributed by atoms with van der Waals surface area (Å²) in [6, 6.07) is 7.60. The largest absolute Gasteiger partial charge is 0.493 e. The molecule has 18 heavy (non-hydrogen) atoms. The van der Waals surface area contributed by atoms with Gasteiger partial charge in [-0.1, -0.05) is 12.1 Å². The Morgan fingerprint density at radius 3 is 2.94 bits per heavy atom. The van der Waals surface area contributed by atoms with Crippen molar-refractivity contribution < 1.29 is 14.3 Å². The lowest BCUT2D eigenvalue weighted by Crippen LogP contribution is -2.26. The number of benzene rings is 1. The number of methoxy groups -OCH3 is 1. The Labute approximate surface area is 108 Å². The van der Waals surface area contributed by atoms with Gasteiger partial charge in [0.15, 0.2) is 0 Å². The molecule has 1 aromatic rings. The van der Waals surface area contributed by atoms with Crippen LogP contribution in [-0.4, -0.2) is 33.3 Å². The SMILES string of the molecule is C=CCCOc1cccc(N(C)CC(=O)OC)c1. The van der Waals surface area contributed by atoms with E-state index in [4.69, 9.17) is 4.74 Å². The van der Waals surface area contributed by atoms with Crippen LogP contribution in [0, 0.1) is 0 Å². The van der Waals surface area contributed by atoms with E-state index in [-0.39, 0.29) is 12.5 Å². The van der Waals surface area contributed by atoms with Crippen LogP contribution in [0.5, 0.6) is 5.75 Å². The fourth-order valence-electron chi connectivity index (χ4n) is 1.42. The summed E-state index contributed by atoms with van der Waals surface area (Å²) in [7, 11) is 3.21. The molecule has 0 heterocycles. The average molecular weight is 249 g/mol. The zero-order chi connectivity index (χ0) is 13.4. The van der Waals surface area contributed by atoms with Crippen LogP contribution < -0.4 is 9.64 Å². The molecule has 0 amide bonds. The second kappa shape index (κ2) is 7.37. The first-order valence-corrected chi connectivity index (χ1v) is 5.79. The van der Waals surface area contributed by atoms with Crippen molar-refractivity contribution >= 4 is 11.7 Å². The number of nitrogens with zero attached hydrogens (tertiary/aromatic N) is 1. The second-order valence-corrected chi connectivity index (χ2v) is 3.86. The minimum absolute atomic E-state index is 0.215. The molecule has 1 rings (SSSR count). The van der Waals surface area contributed by atoms with Crippen LogP contribution in [0.25, 0.3) is 0 Å². The van der Waals surface area contributed by atoms with Gasteiger partial charge in [-0.3, -0.25) is 4.79 Å². The molecule has 0 spiro atoms. The van der Waals surface area contributed by atoms with E-state index in [0.29, 0.717) is 6.61 Å². The monoisotopic (exact) mass is 249 g/mol. The van der Waals surface area contributed by atoms with Crippen LogP contribution in [0.15, 0.2) is 36.9 Å². The topological polar surface area (TPSA) is 38.8 Å². The maximum atomic E-state index is 11.2. The van der Waals surface area contributed by atoms with Crippen LogP contribution >= 0.6 is 0 Å². The van der Waals surface area contributed by atoms with Gasteiger partial charge in [0.05, 0.1) is 13.7 Å². The highest BCUT2D eigenvalue weighted by Gasteiger charge is 2.07. The number of esters is 1. The van der Waals surface area contributed by atoms with Crippen LogP contribution in [0.1, 0.15) is 6.42 Å². The Hall–Kier alpha value is -1.97. The Kier molecular flexibility index (Phi) is 5.77. The summed E-state index contributed by atoms with van der Waals surface area (Å²) in [5, 5.41) is 0. The maximum absolute atomic E-state index is 11.2. The zero-order valence-electron chi connectivity index (χ0n) is 10.9. The van der Waals surface area contributed by atoms with E-state index >= 15 is 0 Å². The molecule has 0 saturated carbocycles. The highest BCUT2D eigenvalue weighted by atomic mass is 16.5. The summed E-state index contributed by atoms with van der Waals surface area (Å²) in [4.78, 5) is 13.0. The minimum atomic E-state index is -0.268. The van der Waals surface area contributed by atoms with Crippen molar-refractivity contribution in [3.8, 4) is 5.75 Å². The Morgan fingerprint density at radius 1 is 1.50 bits per heavy atom. The fraction of sp³-hybridized carbons (Fsp3) is 0.357. The number of anilines is 1. The van der Waals surface area contributed by atoms with Crippen LogP contribution in [0.4, 0.5) is 5.69 Å². The molecule has 0 aliphatic rings. The first-order chi connectivity index (χ1) is 8.67. The molecule has 0 aliphatic carbocycles. The lowest BCUT2D eigenvalue weighted by molar-refractivity contribution is -0.138. The summed E-state index contributed by atoms with van der Waals surface area (Å²) in [5.41, 5.74) is 0.913. The summed E-state index contributed by atoms with van der Waals surface area (Å²) < 4.78 is 10.2. The second-order valence-electron chi connectivity index (χ2n) is 3.86. The van der Waals surface area contributed by atoms with Gasteiger partial charge in [0.25, 0.3) is 0 Å². The highest BCUT2D eigenvalue weighted by molar-refractivity contribution is 5.75. The summed E-state index contributed by atoms with van der Waals surface area (Å²) in [6.45, 7) is 4.46. The van der Waals surface area contributed by atoms with E-state index in [1.165, 1.54) is 7.11 Å². The quantitative estimate of drug-likeness (QED) is 0.422. The highest BCUT2D eigenvalue weighted by Crippen LogP contribution is 2.20. The van der Waals surface area contributed by atoms with Crippen molar-refractivity contribution in [1.82, 2.24) is 0 Å². The van der Waals surface area contributed by atoms with Gasteiger partial charge in [-0.25, -0.2) is 0 Å². The van der Waals surface area contributed by atoms with Gasteiger partial charge in [-0.05, 0) is 18.6 Å². The first kappa shape index (κ1) is 14.1. The molecular weight excluding hydrogens is 230 g/mol. The van der Waals surface area contributed by atoms with E-state index in [2.05, 4.69) is 11.3 Å². The number of ether oxygens (including phenoxy) is 2. The number of hydrogen-bond donors (Lipinski definition) is 0. The lowest BCUT2D eigenvalue weighted by atomic mass is 10.3. The standard InChI is InChI=1S/C14H19NO3/c1-4-5-9-18-13-8-6-7-12(10-13)15(2)11-14(16)17-3/h4,6-8,10H,1,5,9,11H2,2-3H3. The van der Waals surface area contributed by atoms with E-state index < -0.39 is 0 Å². The van der Waals surface area contributed by atoms with E-state index in [1.54, 1.807) is 0 Å². The Bertz CT molecular complexity index is 404. The summed E-state index contributed by atoms with van der Waals surface area (Å²) in [6.07, 6.45) is 2.62. The third kappa shape index (κ3) is 4.49. The van der Waals surface area contributed by atoms with Crippen molar-refractivity contribution in [2.45, 2.75) is 6.42 Å². The summed E-state index contributed by atoms with van der Waals surface area (Å²) in [5.74, 6) is 0.515. The van der Waals surface area contributed by atoms with Crippen molar-refractivity contribution in [3.63, 3.8) is 0 Å². The number of hydrogen-bond acceptors (Lipinski definition) is 4. The van der Waals surface area contributed by atoms with Crippen LogP contribution in [0.2, 0.25) is 0 Å². The van der Waals surface area contributed by atoms with Gasteiger partial charge < -0.3 is 14.4 Å². The maximum Gasteiger partial charge on any atom is 0.325 e. The molecule has 0 saturated heterocycles. The van der Waals surface area contributed by atoms with Crippen molar-refractivity contribution in [2.24, 2.45) is 0 Å². The molecule has 1 aromatic carbocycles. The molecule has 4 heteroatoms. The molecule has 0 bridgehead atoms. The summed E-state index contributed by atoms with van der Waals surface area (Å²) >= 11 is 0. The number of rotatable bonds is 7. The third-order valence-corrected chi connectivity index (χ3v) is 2.44. The van der Waals surface area contributed by atoms with Gasteiger partial charge >= 0.3 is 5.97 Å². The first-order valence-electron chi connectivity index (χ1n) is 5.79. The molecule has 0 aliphatic heterocycles. The van der Waals surface area contributed by atoms with E-state index in [0.717, 1.165) is 17.9 Å². The van der Waals surface area contributed by atoms with Crippen molar-refractivity contribution in [2.75, 3.05) is 32.2 Å². The van der Waals surface area contributed by atoms with Gasteiger partial charge in [-0.2, -0.15) is 0 Å². The lowest BCUT2D eigenvalue weighted by Gasteiger charge is -2.18. The normalized spacial score (nSPS) is 9.67. The third-order valence-electron chi connectivity index (χ3n) is 2.44. The molecule has 0 N–H and O–H groups in total. The van der Waals surface area contributed by atoms with Gasteiger partial charge in [0.2, 0.25) is 0 Å². The Morgan fingerprint density at radius 2 is 2.28 bits per heavy atom. The van der Waals surface area contributed by atoms with Gasteiger partial charge in [0, 0.05) is 18.8 Å². The average Bonchev–Trinajstić information content (AvgIpc) is 2.39. The molecular formula is C14H19NO3. The van der Waals surface area contributed by atoms with Gasteiger partial charge in [-0.15, -0.1) is 6.58 Å². The smallest absolute Gasteiger partial charge is 0.325 e. The van der Waals surface area contributed by atoms with Crippen LogP contribution in [0.3, 0.4) is 0 Å².